The summed E-state index contributed by atoms with van der Waals surface area (Å²) < 4.78 is 4.44. The molecule has 0 atom stereocenters. The van der Waals surface area contributed by atoms with E-state index in [-0.39, 0.29) is 23.9 Å². The first-order valence-corrected chi connectivity index (χ1v) is 4.29. The lowest BCUT2D eigenvalue weighted by Gasteiger charge is -2.05. The molecule has 0 amide bonds. The Morgan fingerprint density at radius 2 is 2.47 bits per heavy atom. The number of hydrogen-bond acceptors (Lipinski definition) is 6. The van der Waals surface area contributed by atoms with Crippen molar-refractivity contribution in [1.29, 1.82) is 0 Å². The number of nitrogens with one attached hydrogen (secondary N) is 2. The van der Waals surface area contributed by atoms with Gasteiger partial charge in [0, 0.05) is 6.54 Å². The van der Waals surface area contributed by atoms with Gasteiger partial charge >= 0.3 is 5.97 Å². The van der Waals surface area contributed by atoms with Crippen molar-refractivity contribution >= 4 is 17.5 Å². The largest absolute Gasteiger partial charge is 0.469 e. The van der Waals surface area contributed by atoms with Crippen LogP contribution < -0.4 is 16.6 Å². The van der Waals surface area contributed by atoms with Crippen molar-refractivity contribution in [2.75, 3.05) is 24.7 Å². The standard InChI is InChI=1S/C8H12N4O3/c1-15-5(13)2-3-10-7-6(9)8(14)12-4-11-7/h4H,2-3,9H2,1H3,(H2,10,11,12,14). The predicted octanol–water partition coefficient (Wildman–Crippen LogP) is -0.673. The van der Waals surface area contributed by atoms with Crippen LogP contribution in [0.2, 0.25) is 0 Å². The second-order valence-electron chi connectivity index (χ2n) is 2.75. The van der Waals surface area contributed by atoms with E-state index in [2.05, 4.69) is 20.0 Å². The number of methoxy groups -OCH3 is 1. The van der Waals surface area contributed by atoms with Crippen molar-refractivity contribution < 1.29 is 9.53 Å². The van der Waals surface area contributed by atoms with Crippen molar-refractivity contribution in [2.45, 2.75) is 6.42 Å². The minimum absolute atomic E-state index is 0.00219. The number of nitrogens with zero attached hydrogens (tertiary/aromatic N) is 1. The van der Waals surface area contributed by atoms with Gasteiger partial charge in [0.05, 0.1) is 19.9 Å². The van der Waals surface area contributed by atoms with Crippen LogP contribution in [0.5, 0.6) is 0 Å². The van der Waals surface area contributed by atoms with Gasteiger partial charge in [-0.05, 0) is 0 Å². The summed E-state index contributed by atoms with van der Waals surface area (Å²) in [6, 6.07) is 0. The Bertz CT molecular complexity index is 401. The van der Waals surface area contributed by atoms with E-state index in [0.29, 0.717) is 6.54 Å². The zero-order chi connectivity index (χ0) is 11.3. The van der Waals surface area contributed by atoms with Crippen LogP contribution in [0.3, 0.4) is 0 Å². The average Bonchev–Trinajstić information content (AvgIpc) is 2.24. The number of ether oxygens (including phenoxy) is 1. The molecule has 0 bridgehead atoms. The summed E-state index contributed by atoms with van der Waals surface area (Å²) in [7, 11) is 1.31. The topological polar surface area (TPSA) is 110 Å². The van der Waals surface area contributed by atoms with Crippen LogP contribution in [0.15, 0.2) is 11.1 Å². The van der Waals surface area contributed by atoms with E-state index in [0.717, 1.165) is 0 Å². The van der Waals surface area contributed by atoms with Gasteiger partial charge in [0.15, 0.2) is 5.82 Å². The lowest BCUT2D eigenvalue weighted by Crippen LogP contribution is -2.18. The van der Waals surface area contributed by atoms with E-state index in [4.69, 9.17) is 5.73 Å². The molecular formula is C8H12N4O3. The number of H-pyrrole nitrogens is 1. The van der Waals surface area contributed by atoms with Crippen LogP contribution in [0.4, 0.5) is 11.5 Å². The summed E-state index contributed by atoms with van der Waals surface area (Å²) in [4.78, 5) is 28.0. The zero-order valence-corrected chi connectivity index (χ0v) is 8.24. The number of nitrogens with two attached hydrogens (primary N) is 1. The Morgan fingerprint density at radius 1 is 1.73 bits per heavy atom. The molecule has 4 N–H and O–H groups in total. The van der Waals surface area contributed by atoms with Crippen LogP contribution in [0.1, 0.15) is 6.42 Å². The third kappa shape index (κ3) is 2.97. The molecule has 1 aromatic heterocycles. The van der Waals surface area contributed by atoms with Gasteiger partial charge in [-0.25, -0.2) is 4.98 Å². The maximum atomic E-state index is 11.0. The molecule has 1 rings (SSSR count). The number of esters is 1. The number of carbonyl (C=O) groups is 1. The summed E-state index contributed by atoms with van der Waals surface area (Å²) in [5.41, 5.74) is 5.04. The van der Waals surface area contributed by atoms with Crippen LogP contribution >= 0.6 is 0 Å². The maximum Gasteiger partial charge on any atom is 0.307 e. The third-order valence-corrected chi connectivity index (χ3v) is 1.74. The molecule has 7 nitrogen and oxygen atoms in total. The van der Waals surface area contributed by atoms with Crippen molar-refractivity contribution in [1.82, 2.24) is 9.97 Å². The summed E-state index contributed by atoms with van der Waals surface area (Å²) in [6.45, 7) is 0.313. The van der Waals surface area contributed by atoms with Crippen LogP contribution in [0, 0.1) is 0 Å². The zero-order valence-electron chi connectivity index (χ0n) is 8.24. The smallest absolute Gasteiger partial charge is 0.307 e. The number of rotatable bonds is 4. The van der Waals surface area contributed by atoms with E-state index in [1.165, 1.54) is 13.4 Å². The number of nitrogen functional groups attached to an aromatic ring is 1. The minimum atomic E-state index is -0.412. The number of carbonyl (C=O) groups excluding carboxylic acids is 1. The molecule has 15 heavy (non-hydrogen) atoms. The van der Waals surface area contributed by atoms with Crippen LogP contribution in [0.25, 0.3) is 0 Å². The molecule has 0 unspecified atom stereocenters. The molecule has 0 radical (unpaired) electrons. The van der Waals surface area contributed by atoms with Crippen molar-refractivity contribution in [2.24, 2.45) is 0 Å². The third-order valence-electron chi connectivity index (χ3n) is 1.74. The van der Waals surface area contributed by atoms with Gasteiger partial charge < -0.3 is 20.8 Å². The fraction of sp³-hybridized carbons (Fsp3) is 0.375. The van der Waals surface area contributed by atoms with E-state index >= 15 is 0 Å². The van der Waals surface area contributed by atoms with Gasteiger partial charge in [-0.1, -0.05) is 0 Å². The Balaban J connectivity index is 2.55. The normalized spacial score (nSPS) is 9.67. The fourth-order valence-electron chi connectivity index (χ4n) is 0.936. The molecule has 0 saturated heterocycles. The lowest BCUT2D eigenvalue weighted by molar-refractivity contribution is -0.140. The second-order valence-corrected chi connectivity index (χ2v) is 2.75. The van der Waals surface area contributed by atoms with Crippen molar-refractivity contribution in [3.63, 3.8) is 0 Å². The van der Waals surface area contributed by atoms with Crippen molar-refractivity contribution in [3.8, 4) is 0 Å². The second kappa shape index (κ2) is 4.99. The van der Waals surface area contributed by atoms with E-state index in [1.54, 1.807) is 0 Å². The number of aromatic amines is 1. The molecule has 0 aromatic carbocycles. The summed E-state index contributed by atoms with van der Waals surface area (Å²) in [5, 5.41) is 2.76. The predicted molar refractivity (Wildman–Crippen MR) is 54.4 cm³/mol. The first-order chi connectivity index (χ1) is 7.15. The highest BCUT2D eigenvalue weighted by molar-refractivity contribution is 5.70. The summed E-state index contributed by atoms with van der Waals surface area (Å²) in [5.74, 6) is -0.0754. The molecule has 82 valence electrons. The Kier molecular flexibility index (Phi) is 3.67. The van der Waals surface area contributed by atoms with Crippen LogP contribution in [-0.2, 0) is 9.53 Å². The number of anilines is 2. The van der Waals surface area contributed by atoms with Gasteiger partial charge in [-0.3, -0.25) is 9.59 Å². The summed E-state index contributed by atoms with van der Waals surface area (Å²) in [6.07, 6.45) is 1.42. The fourth-order valence-corrected chi connectivity index (χ4v) is 0.936. The van der Waals surface area contributed by atoms with E-state index in [1.807, 2.05) is 0 Å². The first-order valence-electron chi connectivity index (χ1n) is 4.29. The molecule has 0 aliphatic heterocycles. The average molecular weight is 212 g/mol. The molecule has 0 aliphatic rings. The molecule has 1 aromatic rings. The maximum absolute atomic E-state index is 11.0. The highest BCUT2D eigenvalue weighted by Crippen LogP contribution is 2.06. The molecule has 0 fully saturated rings. The monoisotopic (exact) mass is 212 g/mol. The number of hydrogen-bond donors (Lipinski definition) is 3. The highest BCUT2D eigenvalue weighted by Gasteiger charge is 2.04. The molecule has 1 heterocycles. The summed E-state index contributed by atoms with van der Waals surface area (Å²) >= 11 is 0. The quantitative estimate of drug-likeness (QED) is 0.571. The molecular weight excluding hydrogens is 200 g/mol. The minimum Gasteiger partial charge on any atom is -0.469 e. The molecule has 7 heteroatoms. The Hall–Kier alpha value is -2.05. The number of aromatic nitrogens is 2. The first kappa shape index (κ1) is 11.0. The van der Waals surface area contributed by atoms with Gasteiger partial charge in [0.1, 0.15) is 5.69 Å². The Labute approximate surface area is 85.7 Å². The van der Waals surface area contributed by atoms with Crippen LogP contribution in [-0.4, -0.2) is 29.6 Å². The van der Waals surface area contributed by atoms with Crippen molar-refractivity contribution in [3.05, 3.63) is 16.7 Å². The van der Waals surface area contributed by atoms with E-state index in [9.17, 15) is 9.59 Å². The van der Waals surface area contributed by atoms with Gasteiger partial charge in [0.25, 0.3) is 5.56 Å². The molecule has 0 aliphatic carbocycles. The Morgan fingerprint density at radius 3 is 3.13 bits per heavy atom. The molecule has 0 spiro atoms. The van der Waals surface area contributed by atoms with Gasteiger partial charge in [-0.2, -0.15) is 0 Å². The molecule has 0 saturated carbocycles. The lowest BCUT2D eigenvalue weighted by atomic mass is 10.4. The van der Waals surface area contributed by atoms with Gasteiger partial charge in [-0.15, -0.1) is 0 Å². The van der Waals surface area contributed by atoms with E-state index < -0.39 is 5.56 Å². The SMILES string of the molecule is COC(=O)CCNc1nc[nH]c(=O)c1N. The highest BCUT2D eigenvalue weighted by atomic mass is 16.5. The van der Waals surface area contributed by atoms with Gasteiger partial charge in [0.2, 0.25) is 0 Å².